The molecule has 0 saturated carbocycles. The highest BCUT2D eigenvalue weighted by Gasteiger charge is 2.21. The molecule has 0 radical (unpaired) electrons. The summed E-state index contributed by atoms with van der Waals surface area (Å²) >= 11 is 0. The third kappa shape index (κ3) is 8.24. The minimum atomic E-state index is -0.0207. The van der Waals surface area contributed by atoms with E-state index in [9.17, 15) is 0 Å². The molecule has 0 aromatic rings. The van der Waals surface area contributed by atoms with Crippen molar-refractivity contribution in [3.8, 4) is 0 Å². The third-order valence-corrected chi connectivity index (χ3v) is 1.58. The second-order valence-electron chi connectivity index (χ2n) is 5.98. The summed E-state index contributed by atoms with van der Waals surface area (Å²) in [5, 5.41) is 3.52. The van der Waals surface area contributed by atoms with E-state index in [0.717, 1.165) is 6.54 Å². The van der Waals surface area contributed by atoms with Gasteiger partial charge in [-0.15, -0.1) is 0 Å². The first kappa shape index (κ1) is 13.6. The van der Waals surface area contributed by atoms with Crippen molar-refractivity contribution < 1.29 is 0 Å². The SMILES string of the molecule is CC(C)CN=CC(C)(C)NC(C)(C)C. The highest BCUT2D eigenvalue weighted by atomic mass is 15.0. The Labute approximate surface area is 89.2 Å². The second-order valence-corrected chi connectivity index (χ2v) is 5.98. The fraction of sp³-hybridized carbons (Fsp3) is 0.917. The van der Waals surface area contributed by atoms with Crippen LogP contribution in [-0.2, 0) is 0 Å². The van der Waals surface area contributed by atoms with Crippen LogP contribution in [0.4, 0.5) is 0 Å². The van der Waals surface area contributed by atoms with Gasteiger partial charge in [0.05, 0.1) is 0 Å². The molecule has 0 aliphatic rings. The highest BCUT2D eigenvalue weighted by molar-refractivity contribution is 5.69. The molecule has 0 atom stereocenters. The van der Waals surface area contributed by atoms with E-state index >= 15 is 0 Å². The Bertz CT molecular complexity index is 185. The zero-order chi connectivity index (χ0) is 11.4. The normalized spacial score (nSPS) is 14.3. The molecule has 0 aliphatic heterocycles. The minimum absolute atomic E-state index is 0.0207. The van der Waals surface area contributed by atoms with E-state index in [2.05, 4.69) is 58.8 Å². The first-order valence-electron chi connectivity index (χ1n) is 5.43. The topological polar surface area (TPSA) is 24.4 Å². The first-order valence-corrected chi connectivity index (χ1v) is 5.43. The Balaban J connectivity index is 4.13. The van der Waals surface area contributed by atoms with Gasteiger partial charge >= 0.3 is 0 Å². The van der Waals surface area contributed by atoms with Crippen molar-refractivity contribution in [2.75, 3.05) is 6.54 Å². The molecule has 0 amide bonds. The van der Waals surface area contributed by atoms with E-state index in [-0.39, 0.29) is 11.1 Å². The van der Waals surface area contributed by atoms with E-state index < -0.39 is 0 Å². The molecule has 0 fully saturated rings. The third-order valence-electron chi connectivity index (χ3n) is 1.58. The summed E-state index contributed by atoms with van der Waals surface area (Å²) in [5.41, 5.74) is 0.112. The molecule has 0 aliphatic carbocycles. The predicted molar refractivity (Wildman–Crippen MR) is 65.2 cm³/mol. The monoisotopic (exact) mass is 198 g/mol. The van der Waals surface area contributed by atoms with Crippen LogP contribution < -0.4 is 5.32 Å². The summed E-state index contributed by atoms with van der Waals surface area (Å²) in [4.78, 5) is 4.44. The quantitative estimate of drug-likeness (QED) is 0.690. The van der Waals surface area contributed by atoms with Crippen molar-refractivity contribution in [2.45, 2.75) is 59.5 Å². The van der Waals surface area contributed by atoms with Gasteiger partial charge in [-0.05, 0) is 40.5 Å². The van der Waals surface area contributed by atoms with Crippen LogP contribution in [0.25, 0.3) is 0 Å². The molecule has 84 valence electrons. The van der Waals surface area contributed by atoms with Crippen LogP contribution in [0.1, 0.15) is 48.5 Å². The molecule has 0 unspecified atom stereocenters. The van der Waals surface area contributed by atoms with Crippen LogP contribution >= 0.6 is 0 Å². The smallest absolute Gasteiger partial charge is 0.0480 e. The molecule has 0 spiro atoms. The fourth-order valence-corrected chi connectivity index (χ4v) is 1.49. The zero-order valence-corrected chi connectivity index (χ0v) is 10.8. The Morgan fingerprint density at radius 3 is 2.00 bits per heavy atom. The standard InChI is InChI=1S/C12H26N2/c1-10(2)8-13-9-12(6,7)14-11(3,4)5/h9-10,14H,8H2,1-7H3. The largest absolute Gasteiger partial charge is 0.302 e. The maximum absolute atomic E-state index is 4.44. The van der Waals surface area contributed by atoms with Gasteiger partial charge in [-0.3, -0.25) is 4.99 Å². The second kappa shape index (κ2) is 4.92. The molecule has 0 heterocycles. The maximum Gasteiger partial charge on any atom is 0.0480 e. The van der Waals surface area contributed by atoms with Crippen molar-refractivity contribution in [3.63, 3.8) is 0 Å². The van der Waals surface area contributed by atoms with Crippen LogP contribution in [-0.4, -0.2) is 23.8 Å². The van der Waals surface area contributed by atoms with Crippen LogP contribution in [0.2, 0.25) is 0 Å². The number of nitrogens with one attached hydrogen (secondary N) is 1. The lowest BCUT2D eigenvalue weighted by atomic mass is 10.0. The molecule has 0 aromatic carbocycles. The van der Waals surface area contributed by atoms with Gasteiger partial charge in [-0.1, -0.05) is 13.8 Å². The lowest BCUT2D eigenvalue weighted by Crippen LogP contribution is -2.51. The van der Waals surface area contributed by atoms with E-state index in [1.54, 1.807) is 0 Å². The van der Waals surface area contributed by atoms with Crippen molar-refractivity contribution in [1.82, 2.24) is 5.32 Å². The van der Waals surface area contributed by atoms with Crippen molar-refractivity contribution in [1.29, 1.82) is 0 Å². The maximum atomic E-state index is 4.44. The Kier molecular flexibility index (Phi) is 4.79. The highest BCUT2D eigenvalue weighted by Crippen LogP contribution is 2.08. The van der Waals surface area contributed by atoms with Gasteiger partial charge in [-0.2, -0.15) is 0 Å². The van der Waals surface area contributed by atoms with E-state index in [4.69, 9.17) is 0 Å². The summed E-state index contributed by atoms with van der Waals surface area (Å²) in [7, 11) is 0. The summed E-state index contributed by atoms with van der Waals surface area (Å²) in [6.45, 7) is 16.1. The zero-order valence-electron chi connectivity index (χ0n) is 10.8. The molecule has 0 saturated heterocycles. The van der Waals surface area contributed by atoms with Gasteiger partial charge < -0.3 is 5.32 Å². The predicted octanol–water partition coefficient (Wildman–Crippen LogP) is 2.88. The molecule has 0 aromatic heterocycles. The number of rotatable bonds is 4. The van der Waals surface area contributed by atoms with Crippen LogP contribution in [0.3, 0.4) is 0 Å². The van der Waals surface area contributed by atoms with Crippen LogP contribution in [0.5, 0.6) is 0 Å². The molecule has 14 heavy (non-hydrogen) atoms. The van der Waals surface area contributed by atoms with Crippen molar-refractivity contribution in [3.05, 3.63) is 0 Å². The van der Waals surface area contributed by atoms with Crippen LogP contribution in [0, 0.1) is 5.92 Å². The summed E-state index contributed by atoms with van der Waals surface area (Å²) in [6.07, 6.45) is 2.03. The lowest BCUT2D eigenvalue weighted by Gasteiger charge is -2.31. The summed E-state index contributed by atoms with van der Waals surface area (Å²) < 4.78 is 0. The van der Waals surface area contributed by atoms with Gasteiger partial charge in [0.25, 0.3) is 0 Å². The molecular formula is C12H26N2. The number of nitrogens with zero attached hydrogens (tertiary/aromatic N) is 1. The lowest BCUT2D eigenvalue weighted by molar-refractivity contribution is 0.349. The first-order chi connectivity index (χ1) is 6.12. The van der Waals surface area contributed by atoms with Gasteiger partial charge in [0.15, 0.2) is 0 Å². The van der Waals surface area contributed by atoms with E-state index in [1.807, 2.05) is 6.21 Å². The van der Waals surface area contributed by atoms with Crippen molar-refractivity contribution >= 4 is 6.21 Å². The fourth-order valence-electron chi connectivity index (χ4n) is 1.49. The number of aliphatic imine (C=N–C) groups is 1. The van der Waals surface area contributed by atoms with Crippen molar-refractivity contribution in [2.24, 2.45) is 10.9 Å². The van der Waals surface area contributed by atoms with Gasteiger partial charge in [0.1, 0.15) is 0 Å². The molecular weight excluding hydrogens is 172 g/mol. The molecule has 0 bridgehead atoms. The molecule has 0 rings (SSSR count). The average Bonchev–Trinajstić information content (AvgIpc) is 1.78. The van der Waals surface area contributed by atoms with E-state index in [1.165, 1.54) is 0 Å². The Morgan fingerprint density at radius 1 is 1.14 bits per heavy atom. The Hall–Kier alpha value is -0.370. The van der Waals surface area contributed by atoms with Gasteiger partial charge in [-0.25, -0.2) is 0 Å². The minimum Gasteiger partial charge on any atom is -0.302 e. The summed E-state index contributed by atoms with van der Waals surface area (Å²) in [6, 6.07) is 0. The summed E-state index contributed by atoms with van der Waals surface area (Å²) in [5.74, 6) is 0.636. The number of hydrogen-bond donors (Lipinski definition) is 1. The molecule has 2 heteroatoms. The Morgan fingerprint density at radius 2 is 1.64 bits per heavy atom. The number of hydrogen-bond acceptors (Lipinski definition) is 2. The van der Waals surface area contributed by atoms with Crippen LogP contribution in [0.15, 0.2) is 4.99 Å². The van der Waals surface area contributed by atoms with E-state index in [0.29, 0.717) is 5.92 Å². The van der Waals surface area contributed by atoms with Gasteiger partial charge in [0.2, 0.25) is 0 Å². The molecule has 2 nitrogen and oxygen atoms in total. The molecule has 1 N–H and O–H groups in total. The average molecular weight is 198 g/mol. The van der Waals surface area contributed by atoms with Gasteiger partial charge in [0, 0.05) is 23.8 Å².